The molecule has 4 aliphatic rings. The van der Waals surface area contributed by atoms with Gasteiger partial charge in [-0.15, -0.1) is 0 Å². The molecule has 4 bridgehead atoms. The Kier molecular flexibility index (Phi) is 4.14. The van der Waals surface area contributed by atoms with E-state index < -0.39 is 0 Å². The van der Waals surface area contributed by atoms with Gasteiger partial charge in [-0.1, -0.05) is 6.07 Å². The van der Waals surface area contributed by atoms with Gasteiger partial charge in [0.1, 0.15) is 5.82 Å². The SMILES string of the molecule is CNC(=O)c1ccc(CCCC23CC4CC(CC(C4)C2)C3)c(F)c1. The minimum atomic E-state index is -0.235. The van der Waals surface area contributed by atoms with E-state index in [1.165, 1.54) is 51.0 Å². The van der Waals surface area contributed by atoms with Crippen LogP contribution >= 0.6 is 0 Å². The van der Waals surface area contributed by atoms with E-state index in [-0.39, 0.29) is 11.7 Å². The van der Waals surface area contributed by atoms with Gasteiger partial charge in [0.25, 0.3) is 5.91 Å². The Morgan fingerprint density at radius 1 is 1.17 bits per heavy atom. The molecule has 1 amide bonds. The van der Waals surface area contributed by atoms with Gasteiger partial charge in [0.15, 0.2) is 0 Å². The Morgan fingerprint density at radius 2 is 1.79 bits per heavy atom. The molecule has 4 aliphatic carbocycles. The summed E-state index contributed by atoms with van der Waals surface area (Å²) in [5.41, 5.74) is 1.74. The number of hydrogen-bond donors (Lipinski definition) is 1. The first kappa shape index (κ1) is 16.1. The van der Waals surface area contributed by atoms with Crippen molar-refractivity contribution >= 4 is 5.91 Å². The van der Waals surface area contributed by atoms with Crippen LogP contribution in [0.4, 0.5) is 4.39 Å². The fourth-order valence-electron chi connectivity index (χ4n) is 6.29. The zero-order valence-corrected chi connectivity index (χ0v) is 14.6. The van der Waals surface area contributed by atoms with Gasteiger partial charge in [-0.2, -0.15) is 0 Å². The highest BCUT2D eigenvalue weighted by Gasteiger charge is 2.50. The number of hydrogen-bond acceptors (Lipinski definition) is 1. The van der Waals surface area contributed by atoms with Crippen molar-refractivity contribution in [3.05, 3.63) is 35.1 Å². The van der Waals surface area contributed by atoms with E-state index in [9.17, 15) is 9.18 Å². The van der Waals surface area contributed by atoms with Gasteiger partial charge >= 0.3 is 0 Å². The monoisotopic (exact) mass is 329 g/mol. The molecule has 1 aromatic rings. The number of benzene rings is 1. The molecule has 0 spiro atoms. The van der Waals surface area contributed by atoms with E-state index in [1.807, 2.05) is 0 Å². The maximum Gasteiger partial charge on any atom is 0.251 e. The van der Waals surface area contributed by atoms with Crippen molar-refractivity contribution in [1.29, 1.82) is 0 Å². The molecule has 0 saturated heterocycles. The Morgan fingerprint density at radius 3 is 2.33 bits per heavy atom. The van der Waals surface area contributed by atoms with Crippen molar-refractivity contribution in [2.24, 2.45) is 23.2 Å². The van der Waals surface area contributed by atoms with Crippen molar-refractivity contribution < 1.29 is 9.18 Å². The average molecular weight is 329 g/mol. The Labute approximate surface area is 144 Å². The molecule has 1 N–H and O–H groups in total. The first-order chi connectivity index (χ1) is 11.6. The molecule has 0 aliphatic heterocycles. The standard InChI is InChI=1S/C21H28FNO/c1-23-20(24)18-5-4-17(19(22)10-18)3-2-6-21-11-14-7-15(12-21)9-16(8-14)13-21/h4-5,10,14-16H,2-3,6-9,11-13H2,1H3,(H,23,24). The van der Waals surface area contributed by atoms with Crippen LogP contribution in [0, 0.1) is 29.0 Å². The maximum atomic E-state index is 14.3. The highest BCUT2D eigenvalue weighted by molar-refractivity contribution is 5.93. The minimum Gasteiger partial charge on any atom is -0.355 e. The van der Waals surface area contributed by atoms with Crippen LogP contribution < -0.4 is 5.32 Å². The number of nitrogens with one attached hydrogen (secondary N) is 1. The second kappa shape index (κ2) is 6.16. The molecule has 1 aromatic carbocycles. The summed E-state index contributed by atoms with van der Waals surface area (Å²) in [6.07, 6.45) is 11.8. The lowest BCUT2D eigenvalue weighted by atomic mass is 9.48. The molecule has 0 radical (unpaired) electrons. The Bertz CT molecular complexity index is 603. The van der Waals surface area contributed by atoms with Crippen LogP contribution in [0.3, 0.4) is 0 Å². The predicted molar refractivity (Wildman–Crippen MR) is 93.3 cm³/mol. The lowest BCUT2D eigenvalue weighted by Gasteiger charge is -2.57. The van der Waals surface area contributed by atoms with Crippen molar-refractivity contribution in [1.82, 2.24) is 5.32 Å². The maximum absolute atomic E-state index is 14.3. The zero-order valence-electron chi connectivity index (χ0n) is 14.6. The van der Waals surface area contributed by atoms with Gasteiger partial charge in [0.05, 0.1) is 0 Å². The summed E-state index contributed by atoms with van der Waals surface area (Å²) in [4.78, 5) is 11.6. The second-order valence-electron chi connectivity index (χ2n) is 8.66. The van der Waals surface area contributed by atoms with E-state index >= 15 is 0 Å². The topological polar surface area (TPSA) is 29.1 Å². The minimum absolute atomic E-state index is 0.228. The number of carbonyl (C=O) groups is 1. The number of carbonyl (C=O) groups excluding carboxylic acids is 1. The summed E-state index contributed by atoms with van der Waals surface area (Å²) in [7, 11) is 1.57. The van der Waals surface area contributed by atoms with Gasteiger partial charge < -0.3 is 5.32 Å². The summed E-state index contributed by atoms with van der Waals surface area (Å²) in [6.45, 7) is 0. The van der Waals surface area contributed by atoms with Gasteiger partial charge in [0, 0.05) is 12.6 Å². The fraction of sp³-hybridized carbons (Fsp3) is 0.667. The smallest absolute Gasteiger partial charge is 0.251 e. The van der Waals surface area contributed by atoms with Crippen LogP contribution in [0.15, 0.2) is 18.2 Å². The van der Waals surface area contributed by atoms with E-state index in [0.717, 1.165) is 36.2 Å². The number of halogens is 1. The van der Waals surface area contributed by atoms with E-state index in [0.29, 0.717) is 11.0 Å². The molecule has 0 unspecified atom stereocenters. The molecule has 3 heteroatoms. The molecule has 130 valence electrons. The Balaban J connectivity index is 1.37. The molecular weight excluding hydrogens is 301 g/mol. The first-order valence-electron chi connectivity index (χ1n) is 9.57. The summed E-state index contributed by atoms with van der Waals surface area (Å²) in [5, 5.41) is 2.54. The molecule has 0 heterocycles. The highest BCUT2D eigenvalue weighted by Crippen LogP contribution is 2.61. The van der Waals surface area contributed by atoms with Gasteiger partial charge in [0.2, 0.25) is 0 Å². The van der Waals surface area contributed by atoms with E-state index in [4.69, 9.17) is 0 Å². The first-order valence-corrected chi connectivity index (χ1v) is 9.57. The second-order valence-corrected chi connectivity index (χ2v) is 8.66. The fourth-order valence-corrected chi connectivity index (χ4v) is 6.29. The third-order valence-electron chi connectivity index (χ3n) is 6.86. The molecular formula is C21H28FNO. The summed E-state index contributed by atoms with van der Waals surface area (Å²) in [6, 6.07) is 4.90. The summed E-state index contributed by atoms with van der Waals surface area (Å²) in [5.74, 6) is 2.50. The lowest BCUT2D eigenvalue weighted by Crippen LogP contribution is -2.45. The lowest BCUT2D eigenvalue weighted by molar-refractivity contribution is -0.0580. The highest BCUT2D eigenvalue weighted by atomic mass is 19.1. The van der Waals surface area contributed by atoms with Crippen molar-refractivity contribution in [3.63, 3.8) is 0 Å². The molecule has 5 rings (SSSR count). The zero-order chi connectivity index (χ0) is 16.7. The number of amides is 1. The Hall–Kier alpha value is -1.38. The molecule has 4 saturated carbocycles. The summed E-state index contributed by atoms with van der Waals surface area (Å²) >= 11 is 0. The predicted octanol–water partition coefficient (Wildman–Crippen LogP) is 4.72. The molecule has 4 fully saturated rings. The molecule has 0 atom stereocenters. The average Bonchev–Trinajstić information content (AvgIpc) is 2.54. The number of rotatable bonds is 5. The van der Waals surface area contributed by atoms with Crippen LogP contribution in [0.5, 0.6) is 0 Å². The number of aryl methyl sites for hydroxylation is 1. The third-order valence-corrected chi connectivity index (χ3v) is 6.86. The van der Waals surface area contributed by atoms with Crippen molar-refractivity contribution in [2.45, 2.75) is 57.8 Å². The molecule has 24 heavy (non-hydrogen) atoms. The van der Waals surface area contributed by atoms with Crippen LogP contribution in [0.2, 0.25) is 0 Å². The van der Waals surface area contributed by atoms with Crippen molar-refractivity contribution in [2.75, 3.05) is 7.05 Å². The van der Waals surface area contributed by atoms with Gasteiger partial charge in [-0.3, -0.25) is 4.79 Å². The quantitative estimate of drug-likeness (QED) is 0.832. The van der Waals surface area contributed by atoms with Gasteiger partial charge in [-0.25, -0.2) is 4.39 Å². The van der Waals surface area contributed by atoms with E-state index in [2.05, 4.69) is 5.32 Å². The summed E-state index contributed by atoms with van der Waals surface area (Å²) < 4.78 is 14.3. The molecule has 0 aromatic heterocycles. The largest absolute Gasteiger partial charge is 0.355 e. The van der Waals surface area contributed by atoms with Crippen LogP contribution in [-0.2, 0) is 6.42 Å². The van der Waals surface area contributed by atoms with Gasteiger partial charge in [-0.05, 0) is 98.7 Å². The van der Waals surface area contributed by atoms with Crippen LogP contribution in [0.1, 0.15) is 67.3 Å². The van der Waals surface area contributed by atoms with Crippen LogP contribution in [-0.4, -0.2) is 13.0 Å². The third kappa shape index (κ3) is 2.98. The van der Waals surface area contributed by atoms with Crippen LogP contribution in [0.25, 0.3) is 0 Å². The van der Waals surface area contributed by atoms with E-state index in [1.54, 1.807) is 19.2 Å². The molecule has 2 nitrogen and oxygen atoms in total. The van der Waals surface area contributed by atoms with Crippen molar-refractivity contribution in [3.8, 4) is 0 Å². The normalized spacial score (nSPS) is 33.7.